The molecule has 0 radical (unpaired) electrons. The molecule has 136 valence electrons. The monoisotopic (exact) mass is 347 g/mol. The van der Waals surface area contributed by atoms with Crippen molar-refractivity contribution in [1.29, 1.82) is 0 Å². The van der Waals surface area contributed by atoms with E-state index in [0.717, 1.165) is 25.7 Å². The van der Waals surface area contributed by atoms with Gasteiger partial charge in [-0.15, -0.1) is 0 Å². The van der Waals surface area contributed by atoms with Gasteiger partial charge in [-0.1, -0.05) is 6.42 Å². The third kappa shape index (κ3) is 4.18. The van der Waals surface area contributed by atoms with E-state index >= 15 is 0 Å². The zero-order chi connectivity index (χ0) is 17.8. The molecule has 25 heavy (non-hydrogen) atoms. The first-order chi connectivity index (χ1) is 12.0. The summed E-state index contributed by atoms with van der Waals surface area (Å²) in [5, 5.41) is 7.07. The highest BCUT2D eigenvalue weighted by Gasteiger charge is 2.32. The molecule has 3 heterocycles. The minimum absolute atomic E-state index is 0.0257. The van der Waals surface area contributed by atoms with Crippen LogP contribution in [0, 0.1) is 0 Å². The quantitative estimate of drug-likeness (QED) is 0.856. The van der Waals surface area contributed by atoms with Gasteiger partial charge >= 0.3 is 0 Å². The highest BCUT2D eigenvalue weighted by atomic mass is 16.2. The minimum atomic E-state index is -0.551. The summed E-state index contributed by atoms with van der Waals surface area (Å²) in [7, 11) is 1.80. The standard InChI is InChI=1S/C17H25N5O3/c1-20-11-8-14(19-20)22-10-5-6-13(17(22)25)18-15(23)12-21-9-4-2-3-7-16(21)24/h8,11,13H,2-7,9-10,12H2,1H3,(H,18,23). The van der Waals surface area contributed by atoms with E-state index in [-0.39, 0.29) is 24.3 Å². The number of aromatic nitrogens is 2. The van der Waals surface area contributed by atoms with E-state index in [1.807, 2.05) is 0 Å². The Bertz CT molecular complexity index is 656. The Morgan fingerprint density at radius 3 is 2.84 bits per heavy atom. The highest BCUT2D eigenvalue weighted by Crippen LogP contribution is 2.19. The molecule has 0 saturated carbocycles. The number of amides is 3. The van der Waals surface area contributed by atoms with Crippen LogP contribution in [0.2, 0.25) is 0 Å². The van der Waals surface area contributed by atoms with Crippen LogP contribution in [0.1, 0.15) is 38.5 Å². The van der Waals surface area contributed by atoms with Crippen LogP contribution in [0.25, 0.3) is 0 Å². The molecule has 0 aliphatic carbocycles. The molecular formula is C17H25N5O3. The summed E-state index contributed by atoms with van der Waals surface area (Å²) in [5.41, 5.74) is 0. The van der Waals surface area contributed by atoms with E-state index in [9.17, 15) is 14.4 Å². The number of anilines is 1. The van der Waals surface area contributed by atoms with Gasteiger partial charge in [0.1, 0.15) is 6.04 Å². The largest absolute Gasteiger partial charge is 0.343 e. The van der Waals surface area contributed by atoms with Crippen LogP contribution in [0.15, 0.2) is 12.3 Å². The second-order valence-electron chi connectivity index (χ2n) is 6.73. The molecular weight excluding hydrogens is 322 g/mol. The number of carbonyl (C=O) groups excluding carboxylic acids is 3. The number of hydrogen-bond acceptors (Lipinski definition) is 4. The van der Waals surface area contributed by atoms with Crippen molar-refractivity contribution >= 4 is 23.5 Å². The molecule has 0 aromatic carbocycles. The van der Waals surface area contributed by atoms with Crippen LogP contribution < -0.4 is 10.2 Å². The summed E-state index contributed by atoms with van der Waals surface area (Å²) >= 11 is 0. The predicted octanol–water partition coefficient (Wildman–Crippen LogP) is 0.434. The molecule has 3 rings (SSSR count). The van der Waals surface area contributed by atoms with Gasteiger partial charge in [-0.2, -0.15) is 5.10 Å². The number of nitrogens with one attached hydrogen (secondary N) is 1. The summed E-state index contributed by atoms with van der Waals surface area (Å²) in [6.45, 7) is 1.25. The van der Waals surface area contributed by atoms with E-state index in [1.165, 1.54) is 0 Å². The van der Waals surface area contributed by atoms with Crippen LogP contribution in [-0.4, -0.2) is 58.1 Å². The van der Waals surface area contributed by atoms with Crippen LogP contribution >= 0.6 is 0 Å². The van der Waals surface area contributed by atoms with Crippen LogP contribution in [0.3, 0.4) is 0 Å². The fourth-order valence-electron chi connectivity index (χ4n) is 3.40. The van der Waals surface area contributed by atoms with Gasteiger partial charge in [-0.25, -0.2) is 0 Å². The summed E-state index contributed by atoms with van der Waals surface area (Å²) in [5.74, 6) is 0.226. The van der Waals surface area contributed by atoms with E-state index < -0.39 is 6.04 Å². The molecule has 2 aliphatic rings. The Morgan fingerprint density at radius 2 is 2.08 bits per heavy atom. The molecule has 8 nitrogen and oxygen atoms in total. The lowest BCUT2D eigenvalue weighted by molar-refractivity contribution is -0.136. The van der Waals surface area contributed by atoms with Gasteiger partial charge in [0.25, 0.3) is 5.91 Å². The number of nitrogens with zero attached hydrogens (tertiary/aromatic N) is 4. The molecule has 1 N–H and O–H groups in total. The molecule has 3 amide bonds. The summed E-state index contributed by atoms with van der Waals surface area (Å²) in [6, 6.07) is 1.24. The molecule has 2 fully saturated rings. The van der Waals surface area contributed by atoms with Gasteiger partial charge in [0.05, 0.1) is 6.54 Å². The first kappa shape index (κ1) is 17.4. The maximum atomic E-state index is 12.7. The smallest absolute Gasteiger partial charge is 0.250 e. The van der Waals surface area contributed by atoms with Gasteiger partial charge in [0, 0.05) is 38.8 Å². The fourth-order valence-corrected chi connectivity index (χ4v) is 3.40. The number of carbonyl (C=O) groups is 3. The first-order valence-corrected chi connectivity index (χ1v) is 8.93. The number of hydrogen-bond donors (Lipinski definition) is 1. The zero-order valence-corrected chi connectivity index (χ0v) is 14.6. The summed E-state index contributed by atoms with van der Waals surface area (Å²) in [4.78, 5) is 40.2. The van der Waals surface area contributed by atoms with Crippen molar-refractivity contribution in [3.63, 3.8) is 0 Å². The first-order valence-electron chi connectivity index (χ1n) is 8.93. The Morgan fingerprint density at radius 1 is 1.24 bits per heavy atom. The van der Waals surface area contributed by atoms with Gasteiger partial charge in [-0.3, -0.25) is 24.0 Å². The normalized spacial score (nSPS) is 22.0. The highest BCUT2D eigenvalue weighted by molar-refractivity contribution is 5.99. The lowest BCUT2D eigenvalue weighted by atomic mass is 10.0. The molecule has 0 spiro atoms. The molecule has 2 aliphatic heterocycles. The maximum absolute atomic E-state index is 12.7. The molecule has 1 unspecified atom stereocenters. The van der Waals surface area contributed by atoms with Crippen LogP contribution in [-0.2, 0) is 21.4 Å². The van der Waals surface area contributed by atoms with Crippen molar-refractivity contribution in [3.8, 4) is 0 Å². The third-order valence-electron chi connectivity index (χ3n) is 4.76. The zero-order valence-electron chi connectivity index (χ0n) is 14.6. The third-order valence-corrected chi connectivity index (χ3v) is 4.76. The maximum Gasteiger partial charge on any atom is 0.250 e. The van der Waals surface area contributed by atoms with Crippen molar-refractivity contribution in [2.45, 2.75) is 44.6 Å². The Labute approximate surface area is 147 Å². The Kier molecular flexibility index (Phi) is 5.35. The van der Waals surface area contributed by atoms with Crippen LogP contribution in [0.5, 0.6) is 0 Å². The molecule has 0 bridgehead atoms. The summed E-state index contributed by atoms with van der Waals surface area (Å²) < 4.78 is 1.65. The lowest BCUT2D eigenvalue weighted by Gasteiger charge is -2.31. The Hall–Kier alpha value is -2.38. The Balaban J connectivity index is 1.58. The topological polar surface area (TPSA) is 87.5 Å². The molecule has 1 atom stereocenters. The number of rotatable bonds is 4. The second-order valence-corrected chi connectivity index (χ2v) is 6.73. The van der Waals surface area contributed by atoms with Gasteiger partial charge < -0.3 is 10.2 Å². The SMILES string of the molecule is Cn1ccc(N2CCCC(NC(=O)CN3CCCCCC3=O)C2=O)n1. The predicted molar refractivity (Wildman–Crippen MR) is 91.8 cm³/mol. The minimum Gasteiger partial charge on any atom is -0.343 e. The average molecular weight is 347 g/mol. The molecule has 1 aromatic rings. The van der Waals surface area contributed by atoms with Gasteiger partial charge in [0.15, 0.2) is 5.82 Å². The van der Waals surface area contributed by atoms with E-state index in [2.05, 4.69) is 10.4 Å². The van der Waals surface area contributed by atoms with Crippen LogP contribution in [0.4, 0.5) is 5.82 Å². The van der Waals surface area contributed by atoms with E-state index in [4.69, 9.17) is 0 Å². The molecule has 1 aromatic heterocycles. The molecule has 2 saturated heterocycles. The number of likely N-dealkylation sites (tertiary alicyclic amines) is 1. The van der Waals surface area contributed by atoms with E-state index in [1.54, 1.807) is 33.8 Å². The lowest BCUT2D eigenvalue weighted by Crippen LogP contribution is -2.54. The van der Waals surface area contributed by atoms with Crippen molar-refractivity contribution in [1.82, 2.24) is 20.0 Å². The second kappa shape index (κ2) is 7.67. The number of aryl methyl sites for hydroxylation is 1. The van der Waals surface area contributed by atoms with Crippen molar-refractivity contribution in [3.05, 3.63) is 12.3 Å². The van der Waals surface area contributed by atoms with Gasteiger partial charge in [0.2, 0.25) is 11.8 Å². The van der Waals surface area contributed by atoms with Crippen molar-refractivity contribution in [2.75, 3.05) is 24.5 Å². The van der Waals surface area contributed by atoms with Crippen molar-refractivity contribution in [2.24, 2.45) is 7.05 Å². The average Bonchev–Trinajstić information content (AvgIpc) is 2.91. The fraction of sp³-hybridized carbons (Fsp3) is 0.647. The number of piperidine rings is 1. The van der Waals surface area contributed by atoms with Gasteiger partial charge in [-0.05, 0) is 25.7 Å². The molecule has 8 heteroatoms. The van der Waals surface area contributed by atoms with E-state index in [0.29, 0.717) is 31.7 Å². The van der Waals surface area contributed by atoms with Crippen molar-refractivity contribution < 1.29 is 14.4 Å². The summed E-state index contributed by atoms with van der Waals surface area (Å²) in [6.07, 6.45) is 6.53.